The van der Waals surface area contributed by atoms with Crippen molar-refractivity contribution in [1.82, 2.24) is 0 Å². The molecule has 0 amide bonds. The van der Waals surface area contributed by atoms with Gasteiger partial charge >= 0.3 is 0 Å². The van der Waals surface area contributed by atoms with E-state index in [0.717, 1.165) is 25.7 Å². The molecule has 0 spiro atoms. The van der Waals surface area contributed by atoms with Crippen molar-refractivity contribution in [2.45, 2.75) is 58.3 Å². The number of hydrogen-bond donors (Lipinski definition) is 0. The molecule has 0 nitrogen and oxygen atoms in total. The van der Waals surface area contributed by atoms with Crippen LogP contribution < -0.4 is 0 Å². The van der Waals surface area contributed by atoms with Crippen molar-refractivity contribution in [1.29, 1.82) is 0 Å². The smallest absolute Gasteiger partial charge is 0.0107 e. The second-order valence-electron chi connectivity index (χ2n) is 3.29. The van der Waals surface area contributed by atoms with E-state index in [0.29, 0.717) is 0 Å². The van der Waals surface area contributed by atoms with Crippen LogP contribution in [0.5, 0.6) is 0 Å². The lowest BCUT2D eigenvalue weighted by Gasteiger charge is -1.91. The van der Waals surface area contributed by atoms with E-state index in [1.807, 2.05) is 0 Å². The van der Waals surface area contributed by atoms with E-state index in [9.17, 15) is 0 Å². The van der Waals surface area contributed by atoms with Crippen molar-refractivity contribution < 1.29 is 0 Å². The van der Waals surface area contributed by atoms with Crippen LogP contribution in [0.4, 0.5) is 0 Å². The molecule has 0 saturated carbocycles. The van der Waals surface area contributed by atoms with E-state index in [1.165, 1.54) is 25.7 Å². The maximum absolute atomic E-state index is 3.21. The van der Waals surface area contributed by atoms with Crippen LogP contribution in [-0.2, 0) is 0 Å². The summed E-state index contributed by atoms with van der Waals surface area (Å²) in [5.74, 6) is 9.37. The molecular weight excluding hydrogens is 236 g/mol. The summed E-state index contributed by atoms with van der Waals surface area (Å²) in [6.07, 6.45) is 9.37. The third-order valence-electron chi connectivity index (χ3n) is 1.95. The van der Waals surface area contributed by atoms with Gasteiger partial charge in [-0.25, -0.2) is 0 Å². The molecule has 0 aromatic heterocycles. The highest BCUT2D eigenvalue weighted by Crippen LogP contribution is 2.01. The highest BCUT2D eigenvalue weighted by molar-refractivity contribution is 9.12. The zero-order valence-corrected chi connectivity index (χ0v) is 10.6. The molecule has 0 aromatic carbocycles. The van der Waals surface area contributed by atoms with Gasteiger partial charge in [0.25, 0.3) is 0 Å². The molecule has 1 heteroatoms. The summed E-state index contributed by atoms with van der Waals surface area (Å²) in [6, 6.07) is 0. The Balaban J connectivity index is 3.13. The quantitative estimate of drug-likeness (QED) is 0.484. The van der Waals surface area contributed by atoms with Crippen LogP contribution in [0, 0.1) is 22.6 Å². The Morgan fingerprint density at radius 1 is 0.786 bits per heavy atom. The van der Waals surface area contributed by atoms with Crippen LogP contribution in [0.25, 0.3) is 0 Å². The summed E-state index contributed by atoms with van der Waals surface area (Å²) in [4.78, 5) is 2.71. The Hall–Kier alpha value is -0.400. The number of hydrogen-bond acceptors (Lipinski definition) is 0. The fourth-order valence-electron chi connectivity index (χ4n) is 1.13. The van der Waals surface area contributed by atoms with Gasteiger partial charge in [-0.2, -0.15) is 0 Å². The topological polar surface area (TPSA) is 0 Å². The van der Waals surface area contributed by atoms with E-state index >= 15 is 0 Å². The molecule has 0 rings (SSSR count). The standard InChI is InChI=1S/C13H19Br/c1-2-3-4-5-6-7-8-9-10-11-12-13-14/h2-6,9-11H2,1H3. The van der Waals surface area contributed by atoms with Crippen molar-refractivity contribution in [2.24, 2.45) is 0 Å². The average molecular weight is 255 g/mol. The van der Waals surface area contributed by atoms with Gasteiger partial charge in [0.05, 0.1) is 0 Å². The lowest BCUT2D eigenvalue weighted by atomic mass is 10.1. The van der Waals surface area contributed by atoms with E-state index in [-0.39, 0.29) is 0 Å². The lowest BCUT2D eigenvalue weighted by molar-refractivity contribution is 0.679. The molecule has 0 heterocycles. The monoisotopic (exact) mass is 254 g/mol. The van der Waals surface area contributed by atoms with Gasteiger partial charge in [0, 0.05) is 35.2 Å². The first-order chi connectivity index (χ1) is 6.91. The summed E-state index contributed by atoms with van der Waals surface area (Å²) in [5, 5.41) is 0. The number of halogens is 1. The molecule has 0 aliphatic rings. The largest absolute Gasteiger partial charge is 0.103 e. The second kappa shape index (κ2) is 12.6. The van der Waals surface area contributed by atoms with Crippen molar-refractivity contribution >= 4 is 15.9 Å². The first-order valence-electron chi connectivity index (χ1n) is 5.46. The maximum Gasteiger partial charge on any atom is 0.0107 e. The fraction of sp³-hybridized carbons (Fsp3) is 0.692. The van der Waals surface area contributed by atoms with Crippen LogP contribution in [0.15, 0.2) is 0 Å². The fourth-order valence-corrected chi connectivity index (χ4v) is 1.33. The highest BCUT2D eigenvalue weighted by Gasteiger charge is 1.83. The predicted molar refractivity (Wildman–Crippen MR) is 67.1 cm³/mol. The normalized spacial score (nSPS) is 8.43. The SMILES string of the molecule is CCCCCCC#CCCCC#CBr. The molecule has 0 unspecified atom stereocenters. The molecule has 0 aliphatic carbocycles. The molecule has 0 atom stereocenters. The van der Waals surface area contributed by atoms with E-state index in [2.05, 4.69) is 45.4 Å². The van der Waals surface area contributed by atoms with Crippen molar-refractivity contribution in [3.8, 4) is 22.6 Å². The Morgan fingerprint density at radius 3 is 2.07 bits per heavy atom. The first kappa shape index (κ1) is 13.6. The Bertz CT molecular complexity index is 221. The average Bonchev–Trinajstić information content (AvgIpc) is 2.21. The Kier molecular flexibility index (Phi) is 12.2. The molecule has 0 aliphatic heterocycles. The Labute approximate surface area is 97.0 Å². The molecule has 0 bridgehead atoms. The van der Waals surface area contributed by atoms with Crippen LogP contribution in [0.3, 0.4) is 0 Å². The minimum absolute atomic E-state index is 0.954. The second-order valence-corrected chi connectivity index (χ2v) is 3.69. The van der Waals surface area contributed by atoms with Crippen LogP contribution in [0.2, 0.25) is 0 Å². The van der Waals surface area contributed by atoms with Gasteiger partial charge in [-0.3, -0.25) is 0 Å². The van der Waals surface area contributed by atoms with Gasteiger partial charge in [-0.1, -0.05) is 32.1 Å². The molecule has 0 radical (unpaired) electrons. The van der Waals surface area contributed by atoms with E-state index in [1.54, 1.807) is 0 Å². The summed E-state index contributed by atoms with van der Waals surface area (Å²) in [7, 11) is 0. The Morgan fingerprint density at radius 2 is 1.43 bits per heavy atom. The first-order valence-corrected chi connectivity index (χ1v) is 6.25. The summed E-state index contributed by atoms with van der Waals surface area (Å²) >= 11 is 3.07. The molecule has 14 heavy (non-hydrogen) atoms. The van der Waals surface area contributed by atoms with Crippen molar-refractivity contribution in [2.75, 3.05) is 0 Å². The zero-order chi connectivity index (χ0) is 10.5. The summed E-state index contributed by atoms with van der Waals surface area (Å²) in [6.45, 7) is 2.23. The molecule has 0 N–H and O–H groups in total. The third kappa shape index (κ3) is 11.6. The van der Waals surface area contributed by atoms with Gasteiger partial charge in [0.15, 0.2) is 0 Å². The van der Waals surface area contributed by atoms with E-state index < -0.39 is 0 Å². The highest BCUT2D eigenvalue weighted by atomic mass is 79.9. The lowest BCUT2D eigenvalue weighted by Crippen LogP contribution is -1.74. The molecule has 0 fully saturated rings. The number of unbranched alkanes of at least 4 members (excludes halogenated alkanes) is 6. The van der Waals surface area contributed by atoms with Gasteiger partial charge in [-0.15, -0.1) is 11.8 Å². The zero-order valence-electron chi connectivity index (χ0n) is 9.03. The predicted octanol–water partition coefficient (Wildman–Crippen LogP) is 4.49. The maximum atomic E-state index is 3.21. The van der Waals surface area contributed by atoms with Crippen molar-refractivity contribution in [3.63, 3.8) is 0 Å². The van der Waals surface area contributed by atoms with Crippen LogP contribution in [-0.4, -0.2) is 0 Å². The van der Waals surface area contributed by atoms with Crippen LogP contribution >= 0.6 is 15.9 Å². The molecular formula is C13H19Br. The van der Waals surface area contributed by atoms with Gasteiger partial charge in [-0.05, 0) is 17.7 Å². The molecule has 0 aromatic rings. The molecule has 78 valence electrons. The van der Waals surface area contributed by atoms with E-state index in [4.69, 9.17) is 0 Å². The minimum Gasteiger partial charge on any atom is -0.103 e. The van der Waals surface area contributed by atoms with Gasteiger partial charge in [0.2, 0.25) is 0 Å². The van der Waals surface area contributed by atoms with Gasteiger partial charge in [0.1, 0.15) is 0 Å². The summed E-state index contributed by atoms with van der Waals surface area (Å²) in [5.41, 5.74) is 0. The minimum atomic E-state index is 0.954. The number of rotatable bonds is 6. The van der Waals surface area contributed by atoms with Gasteiger partial charge < -0.3 is 0 Å². The van der Waals surface area contributed by atoms with Crippen LogP contribution in [0.1, 0.15) is 58.3 Å². The van der Waals surface area contributed by atoms with Crippen molar-refractivity contribution in [3.05, 3.63) is 0 Å². The summed E-state index contributed by atoms with van der Waals surface area (Å²) < 4.78 is 0. The third-order valence-corrected chi connectivity index (χ3v) is 2.23. The molecule has 0 saturated heterocycles.